The van der Waals surface area contributed by atoms with Crippen molar-refractivity contribution >= 4 is 0 Å². The Labute approximate surface area is 161 Å². The number of hydrogen-bond donors (Lipinski definition) is 5. The largest absolute Gasteiger partial charge is 0.395 e. The van der Waals surface area contributed by atoms with Crippen LogP contribution < -0.4 is 0 Å². The van der Waals surface area contributed by atoms with Crippen molar-refractivity contribution in [2.45, 2.75) is 44.6 Å². The number of rotatable bonds is 5. The fourth-order valence-corrected chi connectivity index (χ4v) is 3.85. The molecule has 3 rings (SSSR count). The lowest BCUT2D eigenvalue weighted by Gasteiger charge is -2.43. The molecule has 9 heteroatoms. The molecule has 0 aliphatic carbocycles. The van der Waals surface area contributed by atoms with Crippen LogP contribution in [-0.2, 0) is 6.42 Å². The molecule has 7 nitrogen and oxygen atoms in total. The standard InChI is InChI=1S/C19H25F2N3O4/c1-9-17(10(2)23-22-9)11-5-13(20)12(14(21)6-11)3-4-24-7-16(26)19(28)18(27)15(24)8-25/h5-6,15-16,18-19,25-28H,3-4,7-8H2,1-2H3,(H,22,23)/t15-,16+,18-,19-/m1/s1. The van der Waals surface area contributed by atoms with Crippen LogP contribution in [0, 0.1) is 25.5 Å². The second-order valence-electron chi connectivity index (χ2n) is 7.27. The molecule has 1 aromatic carbocycles. The van der Waals surface area contributed by atoms with Crippen molar-refractivity contribution in [3.63, 3.8) is 0 Å². The third-order valence-electron chi connectivity index (χ3n) is 5.42. The Morgan fingerprint density at radius 2 is 1.79 bits per heavy atom. The number of nitrogens with zero attached hydrogens (tertiary/aromatic N) is 2. The van der Waals surface area contributed by atoms with Crippen LogP contribution in [0.4, 0.5) is 8.78 Å². The van der Waals surface area contributed by atoms with Gasteiger partial charge in [0.05, 0.1) is 24.4 Å². The minimum absolute atomic E-state index is 0.0157. The number of nitrogens with one attached hydrogen (secondary N) is 1. The maximum Gasteiger partial charge on any atom is 0.129 e. The van der Waals surface area contributed by atoms with E-state index < -0.39 is 42.6 Å². The van der Waals surface area contributed by atoms with E-state index in [4.69, 9.17) is 0 Å². The van der Waals surface area contributed by atoms with Crippen molar-refractivity contribution in [1.29, 1.82) is 0 Å². The predicted octanol–water partition coefficient (Wildman–Crippen LogP) is 0.273. The summed E-state index contributed by atoms with van der Waals surface area (Å²) in [6, 6.07) is 1.70. The lowest BCUT2D eigenvalue weighted by Crippen LogP contribution is -2.62. The summed E-state index contributed by atoms with van der Waals surface area (Å²) in [5, 5.41) is 45.9. The van der Waals surface area contributed by atoms with Crippen LogP contribution in [0.1, 0.15) is 17.0 Å². The van der Waals surface area contributed by atoms with Crippen LogP contribution in [0.5, 0.6) is 0 Å². The molecule has 4 atom stereocenters. The average molecular weight is 397 g/mol. The Kier molecular flexibility index (Phi) is 6.11. The van der Waals surface area contributed by atoms with E-state index in [2.05, 4.69) is 10.2 Å². The van der Waals surface area contributed by atoms with Crippen LogP contribution in [0.3, 0.4) is 0 Å². The number of likely N-dealkylation sites (tertiary alicyclic amines) is 1. The summed E-state index contributed by atoms with van der Waals surface area (Å²) >= 11 is 0. The van der Waals surface area contributed by atoms with Crippen LogP contribution in [0.15, 0.2) is 12.1 Å². The van der Waals surface area contributed by atoms with Gasteiger partial charge in [0, 0.05) is 29.9 Å². The van der Waals surface area contributed by atoms with Crippen LogP contribution in [0.2, 0.25) is 0 Å². The highest BCUT2D eigenvalue weighted by Crippen LogP contribution is 2.29. The number of β-amino-alcohol motifs (C(OH)–C–C–N with tert-alkyl or cyclic N) is 1. The monoisotopic (exact) mass is 397 g/mol. The SMILES string of the molecule is Cc1n[nH]c(C)c1-c1cc(F)c(CCN2C[C@H](O)[C@@H](O)[C@H](O)[C@H]2CO)c(F)c1. The quantitative estimate of drug-likeness (QED) is 0.495. The zero-order valence-electron chi connectivity index (χ0n) is 15.7. The molecule has 0 amide bonds. The van der Waals surface area contributed by atoms with Gasteiger partial charge in [-0.25, -0.2) is 8.78 Å². The van der Waals surface area contributed by atoms with E-state index in [1.54, 1.807) is 13.8 Å². The molecule has 0 radical (unpaired) electrons. The molecule has 2 heterocycles. The summed E-state index contributed by atoms with van der Waals surface area (Å²) in [4.78, 5) is 1.53. The summed E-state index contributed by atoms with van der Waals surface area (Å²) < 4.78 is 29.3. The third-order valence-corrected chi connectivity index (χ3v) is 5.42. The number of aliphatic hydroxyl groups is 4. The van der Waals surface area contributed by atoms with Crippen molar-refractivity contribution in [2.24, 2.45) is 0 Å². The molecule has 2 aromatic rings. The average Bonchev–Trinajstić information content (AvgIpc) is 2.97. The third kappa shape index (κ3) is 3.81. The van der Waals surface area contributed by atoms with Gasteiger partial charge in [-0.3, -0.25) is 10.00 Å². The normalized spacial score (nSPS) is 26.0. The first-order valence-electron chi connectivity index (χ1n) is 9.13. The number of piperidine rings is 1. The summed E-state index contributed by atoms with van der Waals surface area (Å²) in [7, 11) is 0. The van der Waals surface area contributed by atoms with Gasteiger partial charge in [0.2, 0.25) is 0 Å². The van der Waals surface area contributed by atoms with Gasteiger partial charge in [-0.2, -0.15) is 5.10 Å². The Bertz CT molecular complexity index is 802. The van der Waals surface area contributed by atoms with Crippen molar-refractivity contribution < 1.29 is 29.2 Å². The molecular weight excluding hydrogens is 372 g/mol. The van der Waals surface area contributed by atoms with E-state index in [9.17, 15) is 29.2 Å². The fourth-order valence-electron chi connectivity index (χ4n) is 3.85. The maximum absolute atomic E-state index is 14.6. The molecule has 5 N–H and O–H groups in total. The number of aryl methyl sites for hydroxylation is 2. The summed E-state index contributed by atoms with van der Waals surface area (Å²) in [6.45, 7) is 3.16. The number of benzene rings is 1. The van der Waals surface area contributed by atoms with Gasteiger partial charge < -0.3 is 20.4 Å². The molecular formula is C19H25F2N3O4. The minimum Gasteiger partial charge on any atom is -0.395 e. The molecule has 28 heavy (non-hydrogen) atoms. The van der Waals surface area contributed by atoms with Crippen LogP contribution >= 0.6 is 0 Å². The van der Waals surface area contributed by atoms with E-state index in [1.807, 2.05) is 0 Å². The second-order valence-corrected chi connectivity index (χ2v) is 7.27. The minimum atomic E-state index is -1.37. The summed E-state index contributed by atoms with van der Waals surface area (Å²) in [5.41, 5.74) is 2.28. The first-order valence-corrected chi connectivity index (χ1v) is 9.13. The molecule has 1 fully saturated rings. The molecule has 1 aliphatic heterocycles. The number of hydrogen-bond acceptors (Lipinski definition) is 6. The summed E-state index contributed by atoms with van der Waals surface area (Å²) in [6.07, 6.45) is -3.95. The molecule has 1 aliphatic rings. The number of aromatic amines is 1. The Hall–Kier alpha value is -1.91. The zero-order valence-corrected chi connectivity index (χ0v) is 15.7. The lowest BCUT2D eigenvalue weighted by molar-refractivity contribution is -0.144. The number of halogens is 2. The molecule has 1 saturated heterocycles. The predicted molar refractivity (Wildman–Crippen MR) is 97.6 cm³/mol. The highest BCUT2D eigenvalue weighted by molar-refractivity contribution is 5.68. The molecule has 0 unspecified atom stereocenters. The fraction of sp³-hybridized carbons (Fsp3) is 0.526. The van der Waals surface area contributed by atoms with Gasteiger partial charge in [-0.05, 0) is 38.0 Å². The van der Waals surface area contributed by atoms with Gasteiger partial charge in [0.25, 0.3) is 0 Å². The number of aliphatic hydroxyl groups excluding tert-OH is 4. The Morgan fingerprint density at radius 1 is 1.14 bits per heavy atom. The smallest absolute Gasteiger partial charge is 0.129 e. The topological polar surface area (TPSA) is 113 Å². The molecule has 0 bridgehead atoms. The molecule has 0 spiro atoms. The van der Waals surface area contributed by atoms with E-state index in [1.165, 1.54) is 17.0 Å². The van der Waals surface area contributed by atoms with Crippen LogP contribution in [0.25, 0.3) is 11.1 Å². The van der Waals surface area contributed by atoms with Crippen molar-refractivity contribution in [1.82, 2.24) is 15.1 Å². The Morgan fingerprint density at radius 3 is 2.32 bits per heavy atom. The van der Waals surface area contributed by atoms with Crippen LogP contribution in [-0.4, -0.2) is 79.6 Å². The molecule has 154 valence electrons. The van der Waals surface area contributed by atoms with Crippen molar-refractivity contribution in [3.8, 4) is 11.1 Å². The Balaban J connectivity index is 1.80. The van der Waals surface area contributed by atoms with Crippen molar-refractivity contribution in [3.05, 3.63) is 40.7 Å². The lowest BCUT2D eigenvalue weighted by atomic mass is 9.93. The van der Waals surface area contributed by atoms with Gasteiger partial charge >= 0.3 is 0 Å². The first-order chi connectivity index (χ1) is 13.2. The van der Waals surface area contributed by atoms with E-state index in [0.29, 0.717) is 22.5 Å². The van der Waals surface area contributed by atoms with Gasteiger partial charge in [-0.1, -0.05) is 0 Å². The zero-order chi connectivity index (χ0) is 20.6. The highest BCUT2D eigenvalue weighted by atomic mass is 19.1. The van der Waals surface area contributed by atoms with Gasteiger partial charge in [-0.15, -0.1) is 0 Å². The van der Waals surface area contributed by atoms with E-state index in [0.717, 1.165) is 0 Å². The van der Waals surface area contributed by atoms with Gasteiger partial charge in [0.15, 0.2) is 0 Å². The molecule has 0 saturated carbocycles. The van der Waals surface area contributed by atoms with Gasteiger partial charge in [0.1, 0.15) is 23.8 Å². The highest BCUT2D eigenvalue weighted by Gasteiger charge is 2.40. The maximum atomic E-state index is 14.6. The van der Waals surface area contributed by atoms with E-state index in [-0.39, 0.29) is 25.1 Å². The number of aromatic nitrogens is 2. The second kappa shape index (κ2) is 8.22. The van der Waals surface area contributed by atoms with Crippen molar-refractivity contribution in [2.75, 3.05) is 19.7 Å². The van der Waals surface area contributed by atoms with E-state index >= 15 is 0 Å². The first kappa shape index (κ1) is 20.8. The number of H-pyrrole nitrogens is 1. The molecule has 1 aromatic heterocycles. The summed E-state index contributed by atoms with van der Waals surface area (Å²) in [5.74, 6) is -1.40.